The predicted molar refractivity (Wildman–Crippen MR) is 240 cm³/mol. The molecule has 13 aromatic rings. The summed E-state index contributed by atoms with van der Waals surface area (Å²) in [6.45, 7) is 0. The van der Waals surface area contributed by atoms with Crippen molar-refractivity contribution in [2.75, 3.05) is 0 Å². The molecule has 0 fully saturated rings. The topological polar surface area (TPSA) is 23.0 Å². The van der Waals surface area contributed by atoms with E-state index in [1.807, 2.05) is 6.07 Å². The number of benzene rings is 10. The van der Waals surface area contributed by atoms with Crippen LogP contribution in [0.1, 0.15) is 0 Å². The zero-order valence-corrected chi connectivity index (χ0v) is 30.8. The molecule has 0 aliphatic carbocycles. The van der Waals surface area contributed by atoms with E-state index < -0.39 is 0 Å². The SMILES string of the molecule is c1ccc2c(c1)oc1c(-c3ccc4c5ccccc5c5ccc(-n6c7ccccc7c7cc(-n8c9ccccc9c9ccccc98)ccc76)cc5c4c3)cccc12. The third kappa shape index (κ3) is 4.26. The van der Waals surface area contributed by atoms with Gasteiger partial charge in [-0.1, -0.05) is 133 Å². The van der Waals surface area contributed by atoms with Gasteiger partial charge in [-0.25, -0.2) is 0 Å². The van der Waals surface area contributed by atoms with Crippen LogP contribution < -0.4 is 0 Å². The maximum Gasteiger partial charge on any atom is 0.143 e. The lowest BCUT2D eigenvalue weighted by molar-refractivity contribution is 0.670. The molecule has 0 amide bonds. The molecule has 57 heavy (non-hydrogen) atoms. The molecule has 0 atom stereocenters. The molecular weight excluding hydrogens is 693 g/mol. The summed E-state index contributed by atoms with van der Waals surface area (Å²) in [6.07, 6.45) is 0. The maximum absolute atomic E-state index is 6.53. The molecule has 0 aliphatic heterocycles. The van der Waals surface area contributed by atoms with Gasteiger partial charge >= 0.3 is 0 Å². The molecule has 3 aromatic heterocycles. The number of hydrogen-bond donors (Lipinski definition) is 0. The van der Waals surface area contributed by atoms with E-state index in [-0.39, 0.29) is 0 Å². The molecule has 3 heteroatoms. The van der Waals surface area contributed by atoms with Crippen LogP contribution in [0.4, 0.5) is 0 Å². The lowest BCUT2D eigenvalue weighted by Crippen LogP contribution is -1.96. The van der Waals surface area contributed by atoms with E-state index in [1.54, 1.807) is 0 Å². The molecule has 0 saturated carbocycles. The van der Waals surface area contributed by atoms with Crippen LogP contribution in [0.2, 0.25) is 0 Å². The number of para-hydroxylation sites is 5. The first-order valence-corrected chi connectivity index (χ1v) is 19.6. The van der Waals surface area contributed by atoms with Gasteiger partial charge in [-0.05, 0) is 98.5 Å². The summed E-state index contributed by atoms with van der Waals surface area (Å²) < 4.78 is 11.4. The van der Waals surface area contributed by atoms with E-state index in [2.05, 4.69) is 197 Å². The van der Waals surface area contributed by atoms with Crippen LogP contribution in [0, 0.1) is 0 Å². The van der Waals surface area contributed by atoms with E-state index in [0.717, 1.165) is 44.4 Å². The van der Waals surface area contributed by atoms with Crippen LogP contribution in [0.25, 0.3) is 120 Å². The van der Waals surface area contributed by atoms with Crippen molar-refractivity contribution in [3.63, 3.8) is 0 Å². The van der Waals surface area contributed by atoms with Gasteiger partial charge in [-0.2, -0.15) is 0 Å². The number of aromatic nitrogens is 2. The third-order valence-corrected chi connectivity index (χ3v) is 12.3. The smallest absolute Gasteiger partial charge is 0.143 e. The molecule has 264 valence electrons. The zero-order valence-electron chi connectivity index (χ0n) is 30.8. The Morgan fingerprint density at radius 3 is 1.40 bits per heavy atom. The average Bonchev–Trinajstić information content (AvgIpc) is 3.94. The molecule has 0 aliphatic rings. The molecule has 3 nitrogen and oxygen atoms in total. The van der Waals surface area contributed by atoms with Crippen molar-refractivity contribution in [1.82, 2.24) is 9.13 Å². The lowest BCUT2D eigenvalue weighted by Gasteiger charge is -2.15. The molecule has 13 rings (SSSR count). The molecular formula is C54H32N2O. The normalized spacial score (nSPS) is 12.2. The van der Waals surface area contributed by atoms with Crippen LogP contribution in [0.3, 0.4) is 0 Å². The number of fused-ring (bicyclic) bond motifs is 15. The fraction of sp³-hybridized carbons (Fsp3) is 0. The second-order valence-corrected chi connectivity index (χ2v) is 15.2. The third-order valence-electron chi connectivity index (χ3n) is 12.3. The van der Waals surface area contributed by atoms with Gasteiger partial charge in [0, 0.05) is 49.3 Å². The lowest BCUT2D eigenvalue weighted by atomic mass is 9.91. The quantitative estimate of drug-likeness (QED) is 0.166. The Morgan fingerprint density at radius 2 is 0.737 bits per heavy atom. The Balaban J connectivity index is 1.06. The van der Waals surface area contributed by atoms with Crippen LogP contribution in [-0.2, 0) is 0 Å². The van der Waals surface area contributed by atoms with Crippen LogP contribution in [0.15, 0.2) is 199 Å². The Bertz CT molecular complexity index is 3770. The number of rotatable bonds is 3. The first-order chi connectivity index (χ1) is 28.3. The molecule has 3 heterocycles. The average molecular weight is 725 g/mol. The highest BCUT2D eigenvalue weighted by Crippen LogP contribution is 2.42. The molecule has 0 saturated heterocycles. The highest BCUT2D eigenvalue weighted by Gasteiger charge is 2.19. The van der Waals surface area contributed by atoms with Gasteiger partial charge in [0.2, 0.25) is 0 Å². The summed E-state index contributed by atoms with van der Waals surface area (Å²) in [5.41, 5.74) is 11.2. The van der Waals surface area contributed by atoms with Crippen molar-refractivity contribution in [1.29, 1.82) is 0 Å². The highest BCUT2D eigenvalue weighted by atomic mass is 16.3. The van der Waals surface area contributed by atoms with Gasteiger partial charge in [0.05, 0.1) is 22.1 Å². The van der Waals surface area contributed by atoms with Crippen LogP contribution in [-0.4, -0.2) is 9.13 Å². The van der Waals surface area contributed by atoms with Gasteiger partial charge in [0.1, 0.15) is 11.2 Å². The predicted octanol–water partition coefficient (Wildman–Crippen LogP) is 14.9. The van der Waals surface area contributed by atoms with Crippen molar-refractivity contribution >= 4 is 97.9 Å². The minimum Gasteiger partial charge on any atom is -0.455 e. The number of furan rings is 1. The van der Waals surface area contributed by atoms with Crippen LogP contribution >= 0.6 is 0 Å². The Morgan fingerprint density at radius 1 is 0.281 bits per heavy atom. The molecule has 0 N–H and O–H groups in total. The number of hydrogen-bond acceptors (Lipinski definition) is 1. The first kappa shape index (κ1) is 30.7. The maximum atomic E-state index is 6.53. The van der Waals surface area contributed by atoms with Crippen LogP contribution in [0.5, 0.6) is 0 Å². The minimum atomic E-state index is 0.912. The second-order valence-electron chi connectivity index (χ2n) is 15.2. The summed E-state index contributed by atoms with van der Waals surface area (Å²) in [5, 5.41) is 14.8. The Labute approximate surface area is 326 Å². The molecule has 0 bridgehead atoms. The fourth-order valence-electron chi connectivity index (χ4n) is 9.80. The molecule has 0 unspecified atom stereocenters. The van der Waals surface area contributed by atoms with Crippen molar-refractivity contribution < 1.29 is 4.42 Å². The van der Waals surface area contributed by atoms with Crippen molar-refractivity contribution in [3.05, 3.63) is 194 Å². The molecule has 0 spiro atoms. The summed E-state index contributed by atoms with van der Waals surface area (Å²) in [4.78, 5) is 0. The minimum absolute atomic E-state index is 0.912. The van der Waals surface area contributed by atoms with E-state index in [4.69, 9.17) is 4.42 Å². The summed E-state index contributed by atoms with van der Waals surface area (Å²) in [7, 11) is 0. The summed E-state index contributed by atoms with van der Waals surface area (Å²) in [5.74, 6) is 0. The van der Waals surface area contributed by atoms with E-state index in [9.17, 15) is 0 Å². The molecule has 10 aromatic carbocycles. The standard InChI is InChI=1S/C54H32N2O/c1-2-13-38-37(12-1)39-27-24-33(36-18-11-19-45-44-17-6-10-23-53(44)57-54(36)45)30-46(39)47-31-34(25-28-40(38)47)56-51-22-9-5-16-43(51)48-32-35(26-29-52(48)56)55-49-20-7-3-14-41(49)42-15-4-8-21-50(42)55/h1-32H. The van der Waals surface area contributed by atoms with Crippen molar-refractivity contribution in [3.8, 4) is 22.5 Å². The fourth-order valence-corrected chi connectivity index (χ4v) is 9.80. The second kappa shape index (κ2) is 11.5. The Kier molecular flexibility index (Phi) is 6.16. The van der Waals surface area contributed by atoms with E-state index in [0.29, 0.717) is 0 Å². The monoisotopic (exact) mass is 724 g/mol. The van der Waals surface area contributed by atoms with Gasteiger partial charge < -0.3 is 13.6 Å². The molecule has 0 radical (unpaired) electrons. The zero-order chi connectivity index (χ0) is 37.2. The first-order valence-electron chi connectivity index (χ1n) is 19.6. The van der Waals surface area contributed by atoms with Gasteiger partial charge in [-0.3, -0.25) is 0 Å². The Hall–Kier alpha value is -7.62. The number of nitrogens with zero attached hydrogens (tertiary/aromatic N) is 2. The van der Waals surface area contributed by atoms with Gasteiger partial charge in [0.25, 0.3) is 0 Å². The largest absolute Gasteiger partial charge is 0.455 e. The highest BCUT2D eigenvalue weighted by molar-refractivity contribution is 6.26. The van der Waals surface area contributed by atoms with Crippen molar-refractivity contribution in [2.24, 2.45) is 0 Å². The van der Waals surface area contributed by atoms with E-state index >= 15 is 0 Å². The van der Waals surface area contributed by atoms with Gasteiger partial charge in [0.15, 0.2) is 0 Å². The summed E-state index contributed by atoms with van der Waals surface area (Å²) >= 11 is 0. The van der Waals surface area contributed by atoms with Crippen molar-refractivity contribution in [2.45, 2.75) is 0 Å². The van der Waals surface area contributed by atoms with Gasteiger partial charge in [-0.15, -0.1) is 0 Å². The summed E-state index contributed by atoms with van der Waals surface area (Å²) in [6, 6.07) is 70.9. The van der Waals surface area contributed by atoms with E-state index in [1.165, 1.54) is 75.9 Å².